The predicted molar refractivity (Wildman–Crippen MR) is 57.4 cm³/mol. The molecule has 0 amide bonds. The van der Waals surface area contributed by atoms with E-state index in [-0.39, 0.29) is 13.2 Å². The Morgan fingerprint density at radius 1 is 1.12 bits per heavy atom. The molecule has 0 heterocycles. The zero-order chi connectivity index (χ0) is 12.6. The van der Waals surface area contributed by atoms with E-state index in [9.17, 15) is 14.2 Å². The van der Waals surface area contributed by atoms with Gasteiger partial charge in [0.2, 0.25) is 0 Å². The summed E-state index contributed by atoms with van der Waals surface area (Å²) in [5.74, 6) is -1.18. The van der Waals surface area contributed by atoms with E-state index in [1.54, 1.807) is 13.8 Å². The number of hydrogen-bond acceptors (Lipinski definition) is 6. The number of carbonyl (C=O) groups is 2. The summed E-state index contributed by atoms with van der Waals surface area (Å²) in [4.78, 5) is 22.2. The summed E-state index contributed by atoms with van der Waals surface area (Å²) in [6.07, 6.45) is -0.815. The van der Waals surface area contributed by atoms with Crippen LogP contribution in [-0.2, 0) is 27.9 Å². The van der Waals surface area contributed by atoms with Crippen molar-refractivity contribution in [3.05, 3.63) is 0 Å². The van der Waals surface area contributed by atoms with Crippen molar-refractivity contribution in [2.45, 2.75) is 20.3 Å². The van der Waals surface area contributed by atoms with Crippen LogP contribution < -0.4 is 0 Å². The molecule has 0 aliphatic heterocycles. The smallest absolute Gasteiger partial charge is 0.338 e. The Labute approximate surface area is 94.8 Å². The Morgan fingerprint density at radius 2 is 1.62 bits per heavy atom. The summed E-state index contributed by atoms with van der Waals surface area (Å²) in [5, 5.41) is 0. The minimum absolute atomic E-state index is 0.183. The van der Waals surface area contributed by atoms with Crippen LogP contribution in [0.25, 0.3) is 0 Å². The van der Waals surface area contributed by atoms with Gasteiger partial charge in [-0.25, -0.2) is 0 Å². The largest absolute Gasteiger partial charge is 0.469 e. The number of ketones is 1. The summed E-state index contributed by atoms with van der Waals surface area (Å²) in [6.45, 7) is 3.67. The molecule has 0 saturated carbocycles. The third-order valence-electron chi connectivity index (χ3n) is 1.59. The van der Waals surface area contributed by atoms with Crippen LogP contribution in [0, 0.1) is 0 Å². The van der Waals surface area contributed by atoms with Gasteiger partial charge in [0.15, 0.2) is 5.78 Å². The minimum atomic E-state index is -3.40. The first-order chi connectivity index (χ1) is 7.47. The van der Waals surface area contributed by atoms with Crippen LogP contribution >= 0.6 is 7.60 Å². The monoisotopic (exact) mass is 252 g/mol. The summed E-state index contributed by atoms with van der Waals surface area (Å²) in [5.41, 5.74) is 0. The lowest BCUT2D eigenvalue weighted by atomic mass is 10.3. The highest BCUT2D eigenvalue weighted by Gasteiger charge is 2.28. The average molecular weight is 252 g/mol. The summed E-state index contributed by atoms with van der Waals surface area (Å²) < 4.78 is 26.0. The quantitative estimate of drug-likeness (QED) is 0.369. The van der Waals surface area contributed by atoms with Gasteiger partial charge in [-0.1, -0.05) is 0 Å². The molecule has 0 bridgehead atoms. The first kappa shape index (κ1) is 15.3. The third-order valence-corrected chi connectivity index (χ3v) is 3.63. The van der Waals surface area contributed by atoms with Gasteiger partial charge < -0.3 is 13.8 Å². The van der Waals surface area contributed by atoms with Gasteiger partial charge in [0.05, 0.1) is 20.3 Å². The zero-order valence-corrected chi connectivity index (χ0v) is 10.6. The third kappa shape index (κ3) is 6.00. The summed E-state index contributed by atoms with van der Waals surface area (Å²) >= 11 is 0. The number of methoxy groups -OCH3 is 1. The molecule has 0 saturated heterocycles. The molecule has 0 spiro atoms. The number of esters is 1. The maximum Gasteiger partial charge on any atom is 0.338 e. The Morgan fingerprint density at radius 3 is 2.00 bits per heavy atom. The zero-order valence-electron chi connectivity index (χ0n) is 9.73. The number of ether oxygens (including phenoxy) is 1. The van der Waals surface area contributed by atoms with Crippen molar-refractivity contribution in [3.63, 3.8) is 0 Å². The molecule has 0 radical (unpaired) electrons. The van der Waals surface area contributed by atoms with Gasteiger partial charge in [-0.3, -0.25) is 14.2 Å². The SMILES string of the molecule is CCOP(=O)(CC(=O)CC(=O)OC)OCC. The number of Topliss-reactive ketones (excluding diaryl/α,β-unsaturated/α-hetero) is 1. The topological polar surface area (TPSA) is 78.9 Å². The van der Waals surface area contributed by atoms with Gasteiger partial charge in [0.1, 0.15) is 12.6 Å². The van der Waals surface area contributed by atoms with Crippen LogP contribution in [-0.4, -0.2) is 38.2 Å². The van der Waals surface area contributed by atoms with Crippen LogP contribution in [0.15, 0.2) is 0 Å². The fourth-order valence-corrected chi connectivity index (χ4v) is 2.61. The Hall–Kier alpha value is -0.710. The van der Waals surface area contributed by atoms with E-state index < -0.39 is 31.9 Å². The molecule has 0 aromatic rings. The van der Waals surface area contributed by atoms with E-state index >= 15 is 0 Å². The summed E-state index contributed by atoms with van der Waals surface area (Å²) in [6, 6.07) is 0. The predicted octanol–water partition coefficient (Wildman–Crippen LogP) is 1.38. The molecule has 0 aromatic heterocycles. The molecule has 0 aliphatic carbocycles. The lowest BCUT2D eigenvalue weighted by Crippen LogP contribution is -2.15. The van der Waals surface area contributed by atoms with Crippen molar-refractivity contribution in [1.82, 2.24) is 0 Å². The van der Waals surface area contributed by atoms with Gasteiger partial charge in [0.25, 0.3) is 0 Å². The van der Waals surface area contributed by atoms with Crippen molar-refractivity contribution in [2.24, 2.45) is 0 Å². The lowest BCUT2D eigenvalue weighted by molar-refractivity contribution is -0.142. The van der Waals surface area contributed by atoms with Crippen LogP contribution in [0.4, 0.5) is 0 Å². The number of carbonyl (C=O) groups excluding carboxylic acids is 2. The Kier molecular flexibility index (Phi) is 7.21. The second-order valence-corrected chi connectivity index (χ2v) is 4.95. The highest BCUT2D eigenvalue weighted by molar-refractivity contribution is 7.54. The van der Waals surface area contributed by atoms with Crippen molar-refractivity contribution in [3.8, 4) is 0 Å². The standard InChI is InChI=1S/C9H17O6P/c1-4-14-16(12,15-5-2)7-8(10)6-9(11)13-3/h4-7H2,1-3H3. The van der Waals surface area contributed by atoms with Crippen molar-refractivity contribution in [1.29, 1.82) is 0 Å². The molecule has 0 atom stereocenters. The molecule has 94 valence electrons. The molecule has 0 aromatic carbocycles. The molecular weight excluding hydrogens is 235 g/mol. The van der Waals surface area contributed by atoms with Crippen LogP contribution in [0.5, 0.6) is 0 Å². The van der Waals surface area contributed by atoms with Gasteiger partial charge in [-0.15, -0.1) is 0 Å². The Balaban J connectivity index is 4.34. The molecule has 0 rings (SSSR count). The van der Waals surface area contributed by atoms with Gasteiger partial charge in [-0.05, 0) is 13.8 Å². The van der Waals surface area contributed by atoms with E-state index in [1.165, 1.54) is 7.11 Å². The van der Waals surface area contributed by atoms with Crippen LogP contribution in [0.2, 0.25) is 0 Å². The fraction of sp³-hybridized carbons (Fsp3) is 0.778. The molecule has 6 nitrogen and oxygen atoms in total. The second kappa shape index (κ2) is 7.54. The second-order valence-electron chi connectivity index (χ2n) is 2.90. The van der Waals surface area contributed by atoms with Crippen molar-refractivity contribution < 1.29 is 27.9 Å². The van der Waals surface area contributed by atoms with Crippen molar-refractivity contribution >= 4 is 19.3 Å². The highest BCUT2D eigenvalue weighted by atomic mass is 31.2. The summed E-state index contributed by atoms with van der Waals surface area (Å²) in [7, 11) is -2.22. The average Bonchev–Trinajstić information content (AvgIpc) is 2.17. The van der Waals surface area contributed by atoms with E-state index in [4.69, 9.17) is 9.05 Å². The van der Waals surface area contributed by atoms with Gasteiger partial charge in [0, 0.05) is 0 Å². The number of rotatable bonds is 8. The van der Waals surface area contributed by atoms with E-state index in [2.05, 4.69) is 4.74 Å². The van der Waals surface area contributed by atoms with Crippen LogP contribution in [0.3, 0.4) is 0 Å². The minimum Gasteiger partial charge on any atom is -0.469 e. The normalized spacial score (nSPS) is 11.2. The lowest BCUT2D eigenvalue weighted by Gasteiger charge is -2.15. The van der Waals surface area contributed by atoms with E-state index in [0.29, 0.717) is 0 Å². The molecule has 0 unspecified atom stereocenters. The molecule has 0 aliphatic rings. The molecular formula is C9H17O6P. The number of hydrogen-bond donors (Lipinski definition) is 0. The maximum absolute atomic E-state index is 11.9. The first-order valence-corrected chi connectivity index (χ1v) is 6.66. The maximum atomic E-state index is 11.9. The van der Waals surface area contributed by atoms with Crippen molar-refractivity contribution in [2.75, 3.05) is 26.5 Å². The first-order valence-electron chi connectivity index (χ1n) is 4.94. The van der Waals surface area contributed by atoms with Gasteiger partial charge >= 0.3 is 13.6 Å². The van der Waals surface area contributed by atoms with E-state index in [0.717, 1.165) is 0 Å². The van der Waals surface area contributed by atoms with Gasteiger partial charge in [-0.2, -0.15) is 0 Å². The highest BCUT2D eigenvalue weighted by Crippen LogP contribution is 2.47. The molecule has 0 fully saturated rings. The Bertz CT molecular complexity index is 278. The molecule has 0 N–H and O–H groups in total. The van der Waals surface area contributed by atoms with Crippen LogP contribution in [0.1, 0.15) is 20.3 Å². The fourth-order valence-electron chi connectivity index (χ4n) is 1.03. The van der Waals surface area contributed by atoms with E-state index in [1.807, 2.05) is 0 Å². The molecule has 16 heavy (non-hydrogen) atoms. The molecule has 7 heteroatoms.